The van der Waals surface area contributed by atoms with Crippen LogP contribution in [0.1, 0.15) is 94.1 Å². The van der Waals surface area contributed by atoms with Crippen molar-refractivity contribution < 1.29 is 18.8 Å². The van der Waals surface area contributed by atoms with E-state index in [0.29, 0.717) is 36.3 Å². The van der Waals surface area contributed by atoms with Gasteiger partial charge in [-0.05, 0) is 12.1 Å². The van der Waals surface area contributed by atoms with Crippen LogP contribution in [0.3, 0.4) is 0 Å². The van der Waals surface area contributed by atoms with E-state index in [1.54, 1.807) is 0 Å². The number of hydrogen-bond donors (Lipinski definition) is 0. The molecule has 1 aromatic heterocycles. The molecule has 8 heteroatoms. The Morgan fingerprint density at radius 1 is 0.636 bits per heavy atom. The van der Waals surface area contributed by atoms with Gasteiger partial charge in [0, 0.05) is 17.1 Å². The second-order valence-corrected chi connectivity index (χ2v) is 11.9. The largest absolute Gasteiger partial charge is 0.659 e. The summed E-state index contributed by atoms with van der Waals surface area (Å²) < 4.78 is 0. The first-order valence-corrected chi connectivity index (χ1v) is 16.1. The average Bonchev–Trinajstić information content (AvgIpc) is 2.85. The Morgan fingerprint density at radius 2 is 0.970 bits per heavy atom. The maximum Gasteiger partial charge on any atom is 0.0201 e. The normalized spacial score (nSPS) is 35.3. The van der Waals surface area contributed by atoms with Gasteiger partial charge < -0.3 is 21.3 Å². The minimum Gasteiger partial charge on any atom is -0.659 e. The van der Waals surface area contributed by atoms with Crippen LogP contribution in [0.4, 0.5) is 0 Å². The second kappa shape index (κ2) is 14.0. The van der Waals surface area contributed by atoms with E-state index in [1.165, 1.54) is 77.0 Å². The van der Waals surface area contributed by atoms with E-state index < -0.39 is 0 Å². The van der Waals surface area contributed by atoms with Crippen molar-refractivity contribution >= 4 is 20.2 Å². The zero-order valence-corrected chi connectivity index (χ0v) is 22.2. The minimum absolute atomic E-state index is 0. The zero-order valence-electron chi connectivity index (χ0n) is 19.5. The Labute approximate surface area is 220 Å². The fourth-order valence-corrected chi connectivity index (χ4v) is 6.02. The Hall–Kier alpha value is 0.0895. The van der Waals surface area contributed by atoms with Crippen molar-refractivity contribution in [2.45, 2.75) is 126 Å². The predicted octanol–water partition coefficient (Wildman–Crippen LogP) is 8.88. The molecule has 195 valence electrons. The van der Waals surface area contributed by atoms with Gasteiger partial charge in [-0.1, -0.05) is 83.1 Å². The van der Waals surface area contributed by atoms with Crippen LogP contribution in [-0.2, 0) is 26.2 Å². The van der Waals surface area contributed by atoms with Crippen molar-refractivity contribution in [2.75, 3.05) is 0 Å². The number of pyridine rings is 1. The molecule has 3 fully saturated rings. The van der Waals surface area contributed by atoms with Crippen molar-refractivity contribution in [3.05, 3.63) is 50.9 Å². The molecule has 3 aliphatic carbocycles. The van der Waals surface area contributed by atoms with E-state index >= 15 is 0 Å². The molecule has 0 aromatic carbocycles. The van der Waals surface area contributed by atoms with Gasteiger partial charge in [0.05, 0.1) is 0 Å². The fraction of sp³-hybridized carbons (Fsp3) is 0.800. The molecule has 2 heterocycles. The number of fused-ring (bicyclic) bond motifs is 5. The van der Waals surface area contributed by atoms with Gasteiger partial charge in [0.15, 0.2) is 0 Å². The average molecular weight is 542 g/mol. The summed E-state index contributed by atoms with van der Waals surface area (Å²) in [6.07, 6.45) is 15.0. The number of rotatable bonds is 0. The number of hydrogen-bond acceptors (Lipinski definition) is 1. The summed E-state index contributed by atoms with van der Waals surface area (Å²) in [5, 5.41) is 21.2. The van der Waals surface area contributed by atoms with E-state index in [-0.39, 0.29) is 18.8 Å². The van der Waals surface area contributed by atoms with E-state index in [2.05, 4.69) is 18.2 Å². The summed E-state index contributed by atoms with van der Waals surface area (Å²) >= 11 is 0.00694. The Kier molecular flexibility index (Phi) is 11.1. The molecule has 0 radical (unpaired) electrons. The Bertz CT molecular complexity index is 676. The summed E-state index contributed by atoms with van der Waals surface area (Å²) in [4.78, 5) is 4.88. The monoisotopic (exact) mass is 540 g/mol. The van der Waals surface area contributed by atoms with Crippen LogP contribution in [0.2, 0.25) is 0 Å². The molecule has 0 spiro atoms. The summed E-state index contributed by atoms with van der Waals surface area (Å²) in [5.41, 5.74) is 2.17. The maximum atomic E-state index is 5.46. The van der Waals surface area contributed by atoms with E-state index in [4.69, 9.17) is 46.4 Å². The van der Waals surface area contributed by atoms with Crippen molar-refractivity contribution in [3.63, 3.8) is 0 Å². The fourth-order valence-electron chi connectivity index (χ4n) is 6.02. The smallest absolute Gasteiger partial charge is 0.0201 e. The molecular weight excluding hydrogens is 496 g/mol. The van der Waals surface area contributed by atoms with Crippen molar-refractivity contribution in [2.24, 2.45) is 0 Å². The van der Waals surface area contributed by atoms with Crippen LogP contribution >= 0.6 is 20.2 Å². The number of aromatic nitrogens is 1. The molecule has 0 N–H and O–H groups in total. The molecule has 33 heavy (non-hydrogen) atoms. The summed E-state index contributed by atoms with van der Waals surface area (Å²) in [6, 6.07) is 8.69. The van der Waals surface area contributed by atoms with Crippen LogP contribution in [0, 0.1) is 0 Å². The SMILES string of the molecule is [Cl][Mn][Cl].[HH].[HH].[HH].[HH].c1cc2nc(c1)C[N-][C@@H]1CCCC[C@H]1[N-]C1CCCCC1[N-]C1CCCC[C@H]1[N-]C2. The van der Waals surface area contributed by atoms with Crippen LogP contribution in [-0.4, -0.2) is 41.2 Å². The Balaban J connectivity index is 0.00000177. The summed E-state index contributed by atoms with van der Waals surface area (Å²) in [5.74, 6) is 0. The van der Waals surface area contributed by atoms with Gasteiger partial charge in [0.2, 0.25) is 0 Å². The molecule has 3 unspecified atom stereocenters. The molecule has 4 aliphatic rings. The third-order valence-corrected chi connectivity index (χ3v) is 7.69. The molecule has 5 nitrogen and oxygen atoms in total. The third kappa shape index (κ3) is 7.79. The van der Waals surface area contributed by atoms with Crippen LogP contribution in [0.5, 0.6) is 0 Å². The third-order valence-electron chi connectivity index (χ3n) is 7.69. The van der Waals surface area contributed by atoms with Crippen molar-refractivity contribution in [3.8, 4) is 0 Å². The summed E-state index contributed by atoms with van der Waals surface area (Å²) in [6.45, 7) is 1.43. The van der Waals surface area contributed by atoms with Gasteiger partial charge in [-0.2, -0.15) is 36.3 Å². The zero-order chi connectivity index (χ0) is 22.9. The van der Waals surface area contributed by atoms with Gasteiger partial charge in [0.1, 0.15) is 0 Å². The topological polar surface area (TPSA) is 69.3 Å². The molecular formula is C25H45Cl2MnN5-4. The first-order chi connectivity index (χ1) is 16.3. The first kappa shape index (κ1) is 26.2. The van der Waals surface area contributed by atoms with Gasteiger partial charge in [-0.15, -0.1) is 13.1 Å². The predicted molar refractivity (Wildman–Crippen MR) is 143 cm³/mol. The molecule has 0 amide bonds. The Morgan fingerprint density at radius 3 is 1.36 bits per heavy atom. The molecule has 3 saturated carbocycles. The maximum absolute atomic E-state index is 5.46. The van der Waals surface area contributed by atoms with Gasteiger partial charge in [-0.3, -0.25) is 4.98 Å². The molecule has 0 saturated heterocycles. The molecule has 6 atom stereocenters. The number of nitrogens with zero attached hydrogens (tertiary/aromatic N) is 5. The van der Waals surface area contributed by atoms with Crippen LogP contribution in [0.15, 0.2) is 18.2 Å². The van der Waals surface area contributed by atoms with E-state index in [0.717, 1.165) is 24.5 Å². The molecule has 2 bridgehead atoms. The van der Waals surface area contributed by atoms with Gasteiger partial charge >= 0.3 is 33.3 Å². The van der Waals surface area contributed by atoms with Crippen LogP contribution < -0.4 is 0 Å². The van der Waals surface area contributed by atoms with Gasteiger partial charge in [0.25, 0.3) is 0 Å². The van der Waals surface area contributed by atoms with Crippen molar-refractivity contribution in [1.29, 1.82) is 0 Å². The molecule has 5 rings (SSSR count). The molecule has 1 aromatic rings. The second-order valence-electron chi connectivity index (χ2n) is 9.91. The van der Waals surface area contributed by atoms with Crippen LogP contribution in [0.25, 0.3) is 21.3 Å². The number of halogens is 2. The standard InChI is InChI=1S/C25H37N5.2ClH.Mn.4H2/c1-3-12-22-20(10-1)26-16-18-8-7-9-19(28-18)17-27-21-11-2-4-13-23(21)30-25-15-6-5-14-24(25)29-22;;;;;;;/h7-9,20-25H,1-6,10-17H2;2*1H;;4*1H/q-4;;;+2;;;;/p-2/t20-,21-,22-,23?,24?,25?;;;;;;;/m1......./s1. The van der Waals surface area contributed by atoms with Gasteiger partial charge in [-0.25, -0.2) is 0 Å². The van der Waals surface area contributed by atoms with E-state index in [9.17, 15) is 0 Å². The quantitative estimate of drug-likeness (QED) is 0.303. The van der Waals surface area contributed by atoms with Crippen molar-refractivity contribution in [1.82, 2.24) is 4.98 Å². The minimum atomic E-state index is 0. The molecule has 1 aliphatic heterocycles. The van der Waals surface area contributed by atoms with E-state index in [1.807, 2.05) is 0 Å². The summed E-state index contributed by atoms with van der Waals surface area (Å²) in [7, 11) is 9.59. The first-order valence-electron chi connectivity index (χ1n) is 12.8.